The van der Waals surface area contributed by atoms with Crippen molar-refractivity contribution in [2.75, 3.05) is 0 Å². The lowest BCUT2D eigenvalue weighted by Crippen LogP contribution is -2.00. The van der Waals surface area contributed by atoms with Crippen LogP contribution in [-0.2, 0) is 6.61 Å². The van der Waals surface area contributed by atoms with E-state index >= 15 is 0 Å². The van der Waals surface area contributed by atoms with Crippen LogP contribution in [0.25, 0.3) is 0 Å². The lowest BCUT2D eigenvalue weighted by Gasteiger charge is -2.10. The Kier molecular flexibility index (Phi) is 4.13. The molecule has 2 aromatic rings. The Labute approximate surface area is 116 Å². The van der Waals surface area contributed by atoms with Crippen molar-refractivity contribution in [3.63, 3.8) is 0 Å². The van der Waals surface area contributed by atoms with Gasteiger partial charge < -0.3 is 4.74 Å². The highest BCUT2D eigenvalue weighted by Gasteiger charge is 2.06. The Morgan fingerprint density at radius 1 is 1.10 bits per heavy atom. The largest absolute Gasteiger partial charge is 0.489 e. The molecule has 0 amide bonds. The number of hydrogen-bond donors (Lipinski definition) is 0. The predicted molar refractivity (Wildman–Crippen MR) is 71.9 cm³/mol. The molecule has 0 fully saturated rings. The van der Waals surface area contributed by atoms with E-state index in [0.29, 0.717) is 16.9 Å². The number of rotatable bonds is 4. The standard InChI is InChI=1S/C16H14F2O2/c1-10-5-13(11(2)19)3-4-16(10)20-9-12-6-14(17)8-15(18)7-12/h3-8H,9H2,1-2H3. The maximum atomic E-state index is 13.0. The number of carbonyl (C=O) groups excluding carboxylic acids is 1. The first-order valence-electron chi connectivity index (χ1n) is 6.15. The van der Waals surface area contributed by atoms with E-state index in [1.54, 1.807) is 18.2 Å². The van der Waals surface area contributed by atoms with Crippen molar-refractivity contribution < 1.29 is 18.3 Å². The van der Waals surface area contributed by atoms with E-state index in [4.69, 9.17) is 4.74 Å². The van der Waals surface area contributed by atoms with E-state index < -0.39 is 11.6 Å². The average Bonchev–Trinajstić information content (AvgIpc) is 2.36. The minimum absolute atomic E-state index is 0.0214. The summed E-state index contributed by atoms with van der Waals surface area (Å²) in [5, 5.41) is 0. The van der Waals surface area contributed by atoms with Crippen molar-refractivity contribution in [3.8, 4) is 5.75 Å². The number of hydrogen-bond acceptors (Lipinski definition) is 2. The molecule has 0 aromatic heterocycles. The second-order valence-electron chi connectivity index (χ2n) is 4.60. The van der Waals surface area contributed by atoms with Crippen LogP contribution in [0.3, 0.4) is 0 Å². The van der Waals surface area contributed by atoms with Crippen LogP contribution in [-0.4, -0.2) is 5.78 Å². The molecule has 0 bridgehead atoms. The number of Topliss-reactive ketones (excluding diaryl/α,β-unsaturated/α-hetero) is 1. The minimum Gasteiger partial charge on any atom is -0.489 e. The van der Waals surface area contributed by atoms with Gasteiger partial charge in [0, 0.05) is 11.6 Å². The molecule has 0 saturated carbocycles. The van der Waals surface area contributed by atoms with Crippen LogP contribution >= 0.6 is 0 Å². The van der Waals surface area contributed by atoms with Crippen molar-refractivity contribution in [2.45, 2.75) is 20.5 Å². The summed E-state index contributed by atoms with van der Waals surface area (Å²) in [6.07, 6.45) is 0. The SMILES string of the molecule is CC(=O)c1ccc(OCc2cc(F)cc(F)c2)c(C)c1. The molecule has 0 unspecified atom stereocenters. The van der Waals surface area contributed by atoms with Gasteiger partial charge in [-0.2, -0.15) is 0 Å². The molecule has 0 radical (unpaired) electrons. The van der Waals surface area contributed by atoms with Crippen molar-refractivity contribution >= 4 is 5.78 Å². The van der Waals surface area contributed by atoms with Gasteiger partial charge in [0.1, 0.15) is 24.0 Å². The van der Waals surface area contributed by atoms with Crippen LogP contribution in [0.1, 0.15) is 28.4 Å². The summed E-state index contributed by atoms with van der Waals surface area (Å²) in [6, 6.07) is 8.34. The summed E-state index contributed by atoms with van der Waals surface area (Å²) in [5.41, 5.74) is 1.82. The Balaban J connectivity index is 2.12. The van der Waals surface area contributed by atoms with Gasteiger partial charge in [0.25, 0.3) is 0 Å². The van der Waals surface area contributed by atoms with Crippen LogP contribution in [0.4, 0.5) is 8.78 Å². The number of carbonyl (C=O) groups is 1. The summed E-state index contributed by atoms with van der Waals surface area (Å²) < 4.78 is 31.6. The quantitative estimate of drug-likeness (QED) is 0.787. The smallest absolute Gasteiger partial charge is 0.159 e. The van der Waals surface area contributed by atoms with E-state index in [1.165, 1.54) is 19.1 Å². The molecule has 0 aliphatic rings. The molecule has 0 N–H and O–H groups in total. The normalized spacial score (nSPS) is 10.4. The van der Waals surface area contributed by atoms with Crippen molar-refractivity contribution in [1.29, 1.82) is 0 Å². The molecule has 104 valence electrons. The number of ketones is 1. The summed E-state index contributed by atoms with van der Waals surface area (Å²) in [5.74, 6) is -0.703. The van der Waals surface area contributed by atoms with E-state index in [0.717, 1.165) is 11.6 Å². The maximum Gasteiger partial charge on any atom is 0.159 e. The second kappa shape index (κ2) is 5.82. The minimum atomic E-state index is -0.632. The molecule has 20 heavy (non-hydrogen) atoms. The van der Waals surface area contributed by atoms with Gasteiger partial charge in [0.15, 0.2) is 5.78 Å². The van der Waals surface area contributed by atoms with E-state index in [9.17, 15) is 13.6 Å². The Bertz CT molecular complexity index is 631. The van der Waals surface area contributed by atoms with Gasteiger partial charge in [0.05, 0.1) is 0 Å². The molecule has 0 aliphatic carbocycles. The highest BCUT2D eigenvalue weighted by atomic mass is 19.1. The molecule has 0 atom stereocenters. The third kappa shape index (κ3) is 3.41. The number of ether oxygens (including phenoxy) is 1. The van der Waals surface area contributed by atoms with Crippen molar-refractivity contribution in [3.05, 3.63) is 64.7 Å². The highest BCUT2D eigenvalue weighted by molar-refractivity contribution is 5.94. The first-order valence-corrected chi connectivity index (χ1v) is 6.15. The lowest BCUT2D eigenvalue weighted by molar-refractivity contribution is 0.101. The Morgan fingerprint density at radius 3 is 2.30 bits per heavy atom. The van der Waals surface area contributed by atoms with Crippen LogP contribution < -0.4 is 4.74 Å². The van der Waals surface area contributed by atoms with Gasteiger partial charge in [0.2, 0.25) is 0 Å². The molecule has 0 heterocycles. The lowest BCUT2D eigenvalue weighted by atomic mass is 10.1. The van der Waals surface area contributed by atoms with Gasteiger partial charge in [-0.15, -0.1) is 0 Å². The monoisotopic (exact) mass is 276 g/mol. The fourth-order valence-electron chi connectivity index (χ4n) is 1.89. The second-order valence-corrected chi connectivity index (χ2v) is 4.60. The molecule has 2 rings (SSSR count). The molecule has 0 spiro atoms. The third-order valence-corrected chi connectivity index (χ3v) is 2.90. The molecule has 2 aromatic carbocycles. The van der Waals surface area contributed by atoms with Crippen LogP contribution in [0.5, 0.6) is 5.75 Å². The Hall–Kier alpha value is -2.23. The summed E-state index contributed by atoms with van der Waals surface area (Å²) in [7, 11) is 0. The molecule has 0 saturated heterocycles. The van der Waals surface area contributed by atoms with Gasteiger partial charge >= 0.3 is 0 Å². The van der Waals surface area contributed by atoms with Crippen LogP contribution in [0.2, 0.25) is 0 Å². The molecule has 4 heteroatoms. The first-order chi connectivity index (χ1) is 9.45. The molecular weight excluding hydrogens is 262 g/mol. The highest BCUT2D eigenvalue weighted by Crippen LogP contribution is 2.21. The topological polar surface area (TPSA) is 26.3 Å². The van der Waals surface area contributed by atoms with Gasteiger partial charge in [-0.3, -0.25) is 4.79 Å². The van der Waals surface area contributed by atoms with E-state index in [2.05, 4.69) is 0 Å². The summed E-state index contributed by atoms with van der Waals surface area (Å²) in [6.45, 7) is 3.37. The van der Waals surface area contributed by atoms with Crippen molar-refractivity contribution in [1.82, 2.24) is 0 Å². The first kappa shape index (κ1) is 14.2. The van der Waals surface area contributed by atoms with Gasteiger partial charge in [-0.1, -0.05) is 0 Å². The zero-order valence-electron chi connectivity index (χ0n) is 11.2. The fourth-order valence-corrected chi connectivity index (χ4v) is 1.89. The van der Waals surface area contributed by atoms with Gasteiger partial charge in [-0.05, 0) is 55.3 Å². The molecule has 0 aliphatic heterocycles. The predicted octanol–water partition coefficient (Wildman–Crippen LogP) is 4.05. The van der Waals surface area contributed by atoms with E-state index in [1.807, 2.05) is 6.92 Å². The average molecular weight is 276 g/mol. The summed E-state index contributed by atoms with van der Waals surface area (Å²) >= 11 is 0. The zero-order valence-corrected chi connectivity index (χ0v) is 11.2. The van der Waals surface area contributed by atoms with Crippen LogP contribution in [0, 0.1) is 18.6 Å². The number of benzene rings is 2. The Morgan fingerprint density at radius 2 is 1.75 bits per heavy atom. The molecular formula is C16H14F2O2. The third-order valence-electron chi connectivity index (χ3n) is 2.90. The number of halogens is 2. The van der Waals surface area contributed by atoms with Crippen molar-refractivity contribution in [2.24, 2.45) is 0 Å². The number of aryl methyl sites for hydroxylation is 1. The van der Waals surface area contributed by atoms with Crippen LogP contribution in [0.15, 0.2) is 36.4 Å². The fraction of sp³-hybridized carbons (Fsp3) is 0.188. The zero-order chi connectivity index (χ0) is 14.7. The van der Waals surface area contributed by atoms with E-state index in [-0.39, 0.29) is 12.4 Å². The molecule has 2 nitrogen and oxygen atoms in total. The maximum absolute atomic E-state index is 13.0. The van der Waals surface area contributed by atoms with Gasteiger partial charge in [-0.25, -0.2) is 8.78 Å². The summed E-state index contributed by atoms with van der Waals surface area (Å²) in [4.78, 5) is 11.2.